The molecule has 0 aromatic heterocycles. The number of hydrogen-bond acceptors (Lipinski definition) is 3. The molecule has 1 amide bonds. The van der Waals surface area contributed by atoms with Crippen LogP contribution in [0.3, 0.4) is 0 Å². The van der Waals surface area contributed by atoms with E-state index >= 15 is 0 Å². The fraction of sp³-hybridized carbons (Fsp3) is 0.500. The lowest BCUT2D eigenvalue weighted by Crippen LogP contribution is -2.45. The van der Waals surface area contributed by atoms with Crippen molar-refractivity contribution in [3.63, 3.8) is 0 Å². The molecule has 1 aromatic rings. The first-order valence-corrected chi connectivity index (χ1v) is 6.75. The third kappa shape index (κ3) is 3.61. The summed E-state index contributed by atoms with van der Waals surface area (Å²) in [4.78, 5) is 12.2. The van der Waals surface area contributed by atoms with E-state index in [0.29, 0.717) is 22.9 Å². The van der Waals surface area contributed by atoms with Gasteiger partial charge in [-0.2, -0.15) is 0 Å². The Morgan fingerprint density at radius 3 is 2.89 bits per heavy atom. The van der Waals surface area contributed by atoms with Gasteiger partial charge in [0.25, 0.3) is 5.91 Å². The molecular weight excluding hydrogens is 264 g/mol. The van der Waals surface area contributed by atoms with E-state index in [9.17, 15) is 4.79 Å². The van der Waals surface area contributed by atoms with Crippen molar-refractivity contribution in [1.82, 2.24) is 5.32 Å². The Morgan fingerprint density at radius 1 is 1.53 bits per heavy atom. The first kappa shape index (κ1) is 14.2. The van der Waals surface area contributed by atoms with E-state index in [-0.39, 0.29) is 17.6 Å². The minimum absolute atomic E-state index is 0.117. The fourth-order valence-electron chi connectivity index (χ4n) is 2.36. The van der Waals surface area contributed by atoms with Gasteiger partial charge in [-0.3, -0.25) is 4.79 Å². The van der Waals surface area contributed by atoms with E-state index in [0.717, 1.165) is 12.8 Å². The van der Waals surface area contributed by atoms with Crippen LogP contribution in [0.15, 0.2) is 18.2 Å². The Labute approximate surface area is 118 Å². The van der Waals surface area contributed by atoms with Crippen molar-refractivity contribution in [3.05, 3.63) is 28.8 Å². The predicted molar refractivity (Wildman–Crippen MR) is 76.4 cm³/mol. The smallest absolute Gasteiger partial charge is 0.253 e. The molecule has 3 N–H and O–H groups in total. The summed E-state index contributed by atoms with van der Waals surface area (Å²) in [7, 11) is 0. The summed E-state index contributed by atoms with van der Waals surface area (Å²) in [5.41, 5.74) is 6.48. The van der Waals surface area contributed by atoms with E-state index < -0.39 is 0 Å². The zero-order chi connectivity index (χ0) is 14.0. The number of halogens is 1. The van der Waals surface area contributed by atoms with Crippen LogP contribution in [0.25, 0.3) is 0 Å². The fourth-order valence-corrected chi connectivity index (χ4v) is 2.54. The molecule has 1 unspecified atom stereocenters. The number of rotatable bonds is 2. The molecule has 104 valence electrons. The number of nitrogens with one attached hydrogen (secondary N) is 1. The Morgan fingerprint density at radius 2 is 2.26 bits per heavy atom. The molecule has 0 spiro atoms. The van der Waals surface area contributed by atoms with Crippen molar-refractivity contribution in [2.75, 3.05) is 12.3 Å². The summed E-state index contributed by atoms with van der Waals surface area (Å²) in [5.74, 6) is -0.156. The minimum Gasteiger partial charge on any atom is -0.398 e. The number of hydrogen-bond donors (Lipinski definition) is 2. The molecule has 1 aliphatic heterocycles. The van der Waals surface area contributed by atoms with Crippen LogP contribution in [0.4, 0.5) is 5.69 Å². The average molecular weight is 283 g/mol. The maximum Gasteiger partial charge on any atom is 0.253 e. The van der Waals surface area contributed by atoms with Gasteiger partial charge in [-0.05, 0) is 44.9 Å². The lowest BCUT2D eigenvalue weighted by atomic mass is 9.93. The molecule has 1 atom stereocenters. The van der Waals surface area contributed by atoms with E-state index in [4.69, 9.17) is 22.1 Å². The number of amides is 1. The van der Waals surface area contributed by atoms with Crippen LogP contribution in [0.5, 0.6) is 0 Å². The molecule has 19 heavy (non-hydrogen) atoms. The van der Waals surface area contributed by atoms with Crippen LogP contribution in [0.1, 0.15) is 37.0 Å². The van der Waals surface area contributed by atoms with Gasteiger partial charge in [-0.1, -0.05) is 11.6 Å². The van der Waals surface area contributed by atoms with E-state index in [2.05, 4.69) is 5.32 Å². The van der Waals surface area contributed by atoms with Crippen molar-refractivity contribution in [1.29, 1.82) is 0 Å². The Bertz CT molecular complexity index is 488. The molecule has 0 bridgehead atoms. The Kier molecular flexibility index (Phi) is 4.02. The zero-order valence-corrected chi connectivity index (χ0v) is 12.0. The van der Waals surface area contributed by atoms with Gasteiger partial charge in [0.05, 0.1) is 11.2 Å². The van der Waals surface area contributed by atoms with Gasteiger partial charge in [0.1, 0.15) is 0 Å². The average Bonchev–Trinajstić information content (AvgIpc) is 2.27. The second kappa shape index (κ2) is 5.39. The lowest BCUT2D eigenvalue weighted by molar-refractivity contribution is -0.0615. The first-order chi connectivity index (χ1) is 8.87. The highest BCUT2D eigenvalue weighted by Crippen LogP contribution is 2.25. The molecule has 0 saturated carbocycles. The second-order valence-electron chi connectivity index (χ2n) is 5.50. The standard InChI is InChI=1S/C14H19ClN2O2/c1-14(2)8-10(5-6-19-14)17-13(18)11-4-3-9(15)7-12(11)16/h3-4,7,10H,5-6,8,16H2,1-2H3,(H,17,18). The van der Waals surface area contributed by atoms with E-state index in [1.165, 1.54) is 0 Å². The highest BCUT2D eigenvalue weighted by molar-refractivity contribution is 6.31. The maximum absolute atomic E-state index is 12.2. The van der Waals surface area contributed by atoms with Crippen LogP contribution < -0.4 is 11.1 Å². The van der Waals surface area contributed by atoms with Crippen LogP contribution in [0.2, 0.25) is 5.02 Å². The van der Waals surface area contributed by atoms with Gasteiger partial charge in [-0.25, -0.2) is 0 Å². The van der Waals surface area contributed by atoms with Gasteiger partial charge in [-0.15, -0.1) is 0 Å². The number of carbonyl (C=O) groups excluding carboxylic acids is 1. The van der Waals surface area contributed by atoms with Crippen molar-refractivity contribution in [3.8, 4) is 0 Å². The maximum atomic E-state index is 12.2. The Balaban J connectivity index is 2.04. The number of ether oxygens (including phenoxy) is 1. The van der Waals surface area contributed by atoms with Crippen LogP contribution in [-0.2, 0) is 4.74 Å². The molecule has 4 nitrogen and oxygen atoms in total. The number of anilines is 1. The van der Waals surface area contributed by atoms with Gasteiger partial charge in [0, 0.05) is 23.4 Å². The van der Waals surface area contributed by atoms with E-state index in [1.807, 2.05) is 13.8 Å². The van der Waals surface area contributed by atoms with Gasteiger partial charge >= 0.3 is 0 Å². The molecule has 1 heterocycles. The van der Waals surface area contributed by atoms with Crippen LogP contribution in [-0.4, -0.2) is 24.2 Å². The molecule has 1 aromatic carbocycles. The summed E-state index contributed by atoms with van der Waals surface area (Å²) in [6, 6.07) is 5.02. The first-order valence-electron chi connectivity index (χ1n) is 6.37. The lowest BCUT2D eigenvalue weighted by Gasteiger charge is -2.35. The molecular formula is C14H19ClN2O2. The SMILES string of the molecule is CC1(C)CC(NC(=O)c2ccc(Cl)cc2N)CCO1. The van der Waals surface area contributed by atoms with Crippen molar-refractivity contribution >= 4 is 23.2 Å². The highest BCUT2D eigenvalue weighted by atomic mass is 35.5. The van der Waals surface area contributed by atoms with Gasteiger partial charge in [0.15, 0.2) is 0 Å². The van der Waals surface area contributed by atoms with Crippen LogP contribution in [0, 0.1) is 0 Å². The summed E-state index contributed by atoms with van der Waals surface area (Å²) in [6.07, 6.45) is 1.62. The molecule has 2 rings (SSSR count). The summed E-state index contributed by atoms with van der Waals surface area (Å²) in [5, 5.41) is 3.54. The third-order valence-electron chi connectivity index (χ3n) is 3.29. The molecule has 1 saturated heterocycles. The number of benzene rings is 1. The Hall–Kier alpha value is -1.26. The largest absolute Gasteiger partial charge is 0.398 e. The molecule has 0 aliphatic carbocycles. The quantitative estimate of drug-likeness (QED) is 0.820. The summed E-state index contributed by atoms with van der Waals surface area (Å²) in [6.45, 7) is 4.72. The topological polar surface area (TPSA) is 64.4 Å². The number of carbonyl (C=O) groups is 1. The van der Waals surface area contributed by atoms with Crippen molar-refractivity contribution in [2.24, 2.45) is 0 Å². The molecule has 5 heteroatoms. The second-order valence-corrected chi connectivity index (χ2v) is 5.94. The summed E-state index contributed by atoms with van der Waals surface area (Å²) >= 11 is 5.82. The predicted octanol–water partition coefficient (Wildman–Crippen LogP) is 2.61. The zero-order valence-electron chi connectivity index (χ0n) is 11.2. The summed E-state index contributed by atoms with van der Waals surface area (Å²) < 4.78 is 5.63. The highest BCUT2D eigenvalue weighted by Gasteiger charge is 2.30. The van der Waals surface area contributed by atoms with E-state index in [1.54, 1.807) is 18.2 Å². The number of nitrogen functional groups attached to an aromatic ring is 1. The molecule has 1 aliphatic rings. The minimum atomic E-state index is -0.193. The normalized spacial score (nSPS) is 21.9. The van der Waals surface area contributed by atoms with Crippen molar-refractivity contribution in [2.45, 2.75) is 38.3 Å². The van der Waals surface area contributed by atoms with Gasteiger partial charge in [0.2, 0.25) is 0 Å². The number of nitrogens with two attached hydrogens (primary N) is 1. The van der Waals surface area contributed by atoms with Crippen molar-refractivity contribution < 1.29 is 9.53 Å². The molecule has 1 fully saturated rings. The molecule has 0 radical (unpaired) electrons. The van der Waals surface area contributed by atoms with Crippen LogP contribution >= 0.6 is 11.6 Å². The monoisotopic (exact) mass is 282 g/mol. The van der Waals surface area contributed by atoms with Gasteiger partial charge < -0.3 is 15.8 Å². The third-order valence-corrected chi connectivity index (χ3v) is 3.53.